The number of pyridine rings is 1. The van der Waals surface area contributed by atoms with E-state index in [2.05, 4.69) is 20.2 Å². The number of rotatable bonds is 5. The number of nitrogens with one attached hydrogen (secondary N) is 1. The summed E-state index contributed by atoms with van der Waals surface area (Å²) in [7, 11) is 0. The predicted octanol–water partition coefficient (Wildman–Crippen LogP) is 2.72. The predicted molar refractivity (Wildman–Crippen MR) is 102 cm³/mol. The minimum absolute atomic E-state index is 0.107. The number of hydrogen-bond donors (Lipinski definition) is 2. The summed E-state index contributed by atoms with van der Waals surface area (Å²) >= 11 is 0. The van der Waals surface area contributed by atoms with E-state index in [1.807, 2.05) is 24.3 Å². The third-order valence-corrected chi connectivity index (χ3v) is 4.55. The smallest absolute Gasteiger partial charge is 0.349 e. The summed E-state index contributed by atoms with van der Waals surface area (Å²) in [6, 6.07) is 7.40. The fourth-order valence-corrected chi connectivity index (χ4v) is 3.07. The van der Waals surface area contributed by atoms with Crippen molar-refractivity contribution in [1.29, 1.82) is 0 Å². The van der Waals surface area contributed by atoms with E-state index in [9.17, 15) is 13.6 Å². The van der Waals surface area contributed by atoms with E-state index >= 15 is 0 Å². The molecule has 1 aromatic carbocycles. The normalized spacial score (nSPS) is 11.2. The van der Waals surface area contributed by atoms with Crippen LogP contribution in [0.4, 0.5) is 8.78 Å². The number of benzene rings is 1. The minimum Gasteiger partial charge on any atom is -0.443 e. The third kappa shape index (κ3) is 3.45. The van der Waals surface area contributed by atoms with Crippen molar-refractivity contribution >= 4 is 11.1 Å². The van der Waals surface area contributed by atoms with E-state index in [-0.39, 0.29) is 24.4 Å². The van der Waals surface area contributed by atoms with E-state index in [1.165, 1.54) is 11.0 Å². The first kappa shape index (κ1) is 18.7. The Kier molecular flexibility index (Phi) is 4.77. The highest BCUT2D eigenvalue weighted by atomic mass is 19.3. The number of nitrogens with two attached hydrogens (primary N) is 1. The van der Waals surface area contributed by atoms with Gasteiger partial charge in [-0.3, -0.25) is 0 Å². The molecule has 3 N–H and O–H groups in total. The van der Waals surface area contributed by atoms with Gasteiger partial charge in [-0.25, -0.2) is 24.4 Å². The molecule has 8 nitrogen and oxygen atoms in total. The van der Waals surface area contributed by atoms with Crippen LogP contribution in [0.5, 0.6) is 0 Å². The molecule has 0 aliphatic carbocycles. The van der Waals surface area contributed by atoms with Gasteiger partial charge >= 0.3 is 5.69 Å². The summed E-state index contributed by atoms with van der Waals surface area (Å²) in [5.41, 5.74) is 8.26. The molecule has 4 aromatic rings. The molecular weight excluding hydrogens is 382 g/mol. The van der Waals surface area contributed by atoms with Crippen LogP contribution in [0.2, 0.25) is 0 Å². The molecule has 0 radical (unpaired) electrons. The molecule has 0 aliphatic rings. The van der Waals surface area contributed by atoms with Crippen molar-refractivity contribution in [2.75, 3.05) is 6.54 Å². The summed E-state index contributed by atoms with van der Waals surface area (Å²) in [6.45, 7) is 1.44. The standard InChI is InChI=1S/C19H16F2N6O2/c1-10-4-13(11-2-3-15-14(5-11)24-9-29-15)8-23-18(10)27-16(25-26-19(27)28)6-12(7-22)17(20)21/h2-5,8-9H,6-7,22H2,1H3,(H,26,28). The lowest BCUT2D eigenvalue weighted by Gasteiger charge is -2.10. The molecule has 0 saturated carbocycles. The molecule has 0 bridgehead atoms. The minimum atomic E-state index is -1.88. The maximum Gasteiger partial charge on any atom is 0.349 e. The van der Waals surface area contributed by atoms with Gasteiger partial charge in [0.2, 0.25) is 0 Å². The zero-order valence-corrected chi connectivity index (χ0v) is 15.3. The number of aryl methyl sites for hydroxylation is 1. The van der Waals surface area contributed by atoms with Gasteiger partial charge in [0.25, 0.3) is 6.08 Å². The third-order valence-electron chi connectivity index (χ3n) is 4.55. The van der Waals surface area contributed by atoms with Crippen LogP contribution < -0.4 is 11.4 Å². The zero-order chi connectivity index (χ0) is 20.5. The number of fused-ring (bicyclic) bond motifs is 1. The van der Waals surface area contributed by atoms with Crippen molar-refractivity contribution in [1.82, 2.24) is 24.7 Å². The van der Waals surface area contributed by atoms with Crippen LogP contribution in [0.15, 0.2) is 57.7 Å². The Labute approximate surface area is 162 Å². The highest BCUT2D eigenvalue weighted by molar-refractivity contribution is 5.80. The van der Waals surface area contributed by atoms with Crippen LogP contribution >= 0.6 is 0 Å². The van der Waals surface area contributed by atoms with Gasteiger partial charge in [-0.15, -0.1) is 0 Å². The first-order valence-corrected chi connectivity index (χ1v) is 8.68. The molecule has 0 aliphatic heterocycles. The lowest BCUT2D eigenvalue weighted by atomic mass is 10.1. The Morgan fingerprint density at radius 2 is 2.07 bits per heavy atom. The molecule has 29 heavy (non-hydrogen) atoms. The summed E-state index contributed by atoms with van der Waals surface area (Å²) < 4.78 is 32.4. The number of oxazole rings is 1. The van der Waals surface area contributed by atoms with Gasteiger partial charge < -0.3 is 10.2 Å². The SMILES string of the molecule is Cc1cc(-c2ccc3ocnc3c2)cnc1-n1c(CC(CN)=C(F)F)n[nH]c1=O. The monoisotopic (exact) mass is 398 g/mol. The first-order valence-electron chi connectivity index (χ1n) is 8.68. The molecule has 10 heteroatoms. The van der Waals surface area contributed by atoms with Crippen LogP contribution in [-0.4, -0.2) is 31.3 Å². The average Bonchev–Trinajstić information content (AvgIpc) is 3.31. The highest BCUT2D eigenvalue weighted by Crippen LogP contribution is 2.26. The maximum atomic E-state index is 13.0. The van der Waals surface area contributed by atoms with Crippen LogP contribution in [0, 0.1) is 6.92 Å². The van der Waals surface area contributed by atoms with Gasteiger partial charge in [-0.2, -0.15) is 13.9 Å². The average molecular weight is 398 g/mol. The van der Waals surface area contributed by atoms with Crippen molar-refractivity contribution in [3.63, 3.8) is 0 Å². The second kappa shape index (κ2) is 7.40. The van der Waals surface area contributed by atoms with Gasteiger partial charge in [0, 0.05) is 30.3 Å². The Morgan fingerprint density at radius 3 is 2.79 bits per heavy atom. The first-order chi connectivity index (χ1) is 14.0. The van der Waals surface area contributed by atoms with E-state index in [4.69, 9.17) is 10.2 Å². The second-order valence-corrected chi connectivity index (χ2v) is 6.42. The molecule has 0 unspecified atom stereocenters. The van der Waals surface area contributed by atoms with Gasteiger partial charge in [-0.1, -0.05) is 6.07 Å². The topological polar surface area (TPSA) is 116 Å². The summed E-state index contributed by atoms with van der Waals surface area (Å²) in [6.07, 6.45) is 0.835. The molecule has 148 valence electrons. The molecule has 3 heterocycles. The van der Waals surface area contributed by atoms with Crippen LogP contribution in [0.1, 0.15) is 11.4 Å². The van der Waals surface area contributed by atoms with Gasteiger partial charge in [0.1, 0.15) is 17.2 Å². The van der Waals surface area contributed by atoms with Crippen molar-refractivity contribution in [3.05, 3.63) is 70.4 Å². The van der Waals surface area contributed by atoms with E-state index < -0.39 is 11.8 Å². The van der Waals surface area contributed by atoms with Crippen molar-refractivity contribution < 1.29 is 13.2 Å². The van der Waals surface area contributed by atoms with Gasteiger partial charge in [0.15, 0.2) is 12.0 Å². The Morgan fingerprint density at radius 1 is 1.24 bits per heavy atom. The van der Waals surface area contributed by atoms with E-state index in [0.29, 0.717) is 22.5 Å². The van der Waals surface area contributed by atoms with E-state index in [0.717, 1.165) is 11.1 Å². The molecule has 3 aromatic heterocycles. The Bertz CT molecular complexity index is 1280. The molecule has 4 rings (SSSR count). The lowest BCUT2D eigenvalue weighted by molar-refractivity contribution is 0.407. The Balaban J connectivity index is 1.75. The van der Waals surface area contributed by atoms with E-state index in [1.54, 1.807) is 13.1 Å². The largest absolute Gasteiger partial charge is 0.443 e. The fourth-order valence-electron chi connectivity index (χ4n) is 3.07. The number of aromatic nitrogens is 5. The van der Waals surface area contributed by atoms with Gasteiger partial charge in [-0.05, 0) is 36.2 Å². The highest BCUT2D eigenvalue weighted by Gasteiger charge is 2.17. The number of aromatic amines is 1. The van der Waals surface area contributed by atoms with Crippen LogP contribution in [-0.2, 0) is 6.42 Å². The quantitative estimate of drug-likeness (QED) is 0.534. The maximum absolute atomic E-state index is 13.0. The summed E-state index contributed by atoms with van der Waals surface area (Å²) in [5.74, 6) is 0.413. The molecule has 0 saturated heterocycles. The van der Waals surface area contributed by atoms with Crippen LogP contribution in [0.25, 0.3) is 28.0 Å². The molecule has 0 spiro atoms. The van der Waals surface area contributed by atoms with Crippen LogP contribution in [0.3, 0.4) is 0 Å². The van der Waals surface area contributed by atoms with Crippen molar-refractivity contribution in [2.24, 2.45) is 5.73 Å². The number of nitrogens with zero attached hydrogens (tertiary/aromatic N) is 4. The van der Waals surface area contributed by atoms with Crippen molar-refractivity contribution in [2.45, 2.75) is 13.3 Å². The van der Waals surface area contributed by atoms with Gasteiger partial charge in [0.05, 0.1) is 0 Å². The molecule has 0 amide bonds. The summed E-state index contributed by atoms with van der Waals surface area (Å²) in [4.78, 5) is 20.8. The Hall–Kier alpha value is -3.66. The lowest BCUT2D eigenvalue weighted by Crippen LogP contribution is -2.20. The fraction of sp³-hybridized carbons (Fsp3) is 0.158. The summed E-state index contributed by atoms with van der Waals surface area (Å²) in [5, 5.41) is 6.14. The zero-order valence-electron chi connectivity index (χ0n) is 15.3. The second-order valence-electron chi connectivity index (χ2n) is 6.42. The molecule has 0 atom stereocenters. The van der Waals surface area contributed by atoms with Crippen molar-refractivity contribution in [3.8, 4) is 16.9 Å². The number of H-pyrrole nitrogens is 1. The molecule has 0 fully saturated rings. The number of hydrogen-bond acceptors (Lipinski definition) is 6. The molecular formula is C19H16F2N6O2. The number of halogens is 2.